The monoisotopic (exact) mass is 476 g/mol. The van der Waals surface area contributed by atoms with E-state index < -0.39 is 11.9 Å². The fourth-order valence-corrected chi connectivity index (χ4v) is 4.15. The number of aryl methyl sites for hydroxylation is 1. The van der Waals surface area contributed by atoms with E-state index in [1.807, 2.05) is 13.0 Å². The van der Waals surface area contributed by atoms with Gasteiger partial charge in [0.1, 0.15) is 12.2 Å². The zero-order chi connectivity index (χ0) is 23.8. The molecule has 0 spiro atoms. The Morgan fingerprint density at radius 3 is 2.70 bits per heavy atom. The second-order valence-corrected chi connectivity index (χ2v) is 8.58. The van der Waals surface area contributed by atoms with Gasteiger partial charge in [-0.05, 0) is 36.2 Å². The SMILES string of the molecule is Cc1cc(Nc2nccc(C(F)(F)F)n2)cc(-c2cnc(C(=O)N3CCN(C)C(=O)C3)s2)c1. The fraction of sp³-hybridized carbons (Fsp3) is 0.286. The number of amides is 2. The van der Waals surface area contributed by atoms with E-state index in [-0.39, 0.29) is 29.3 Å². The summed E-state index contributed by atoms with van der Waals surface area (Å²) in [5.74, 6) is -0.616. The largest absolute Gasteiger partial charge is 0.433 e. The molecule has 1 aliphatic heterocycles. The summed E-state index contributed by atoms with van der Waals surface area (Å²) >= 11 is 1.18. The molecular weight excluding hydrogens is 457 g/mol. The summed E-state index contributed by atoms with van der Waals surface area (Å²) in [6.07, 6.45) is -1.97. The lowest BCUT2D eigenvalue weighted by atomic mass is 10.1. The molecule has 2 amide bonds. The number of anilines is 2. The summed E-state index contributed by atoms with van der Waals surface area (Å²) in [4.78, 5) is 40.0. The van der Waals surface area contributed by atoms with E-state index in [2.05, 4.69) is 20.3 Å². The average Bonchev–Trinajstić information content (AvgIpc) is 3.25. The van der Waals surface area contributed by atoms with Gasteiger partial charge in [-0.1, -0.05) is 6.07 Å². The van der Waals surface area contributed by atoms with Gasteiger partial charge in [0.2, 0.25) is 11.9 Å². The van der Waals surface area contributed by atoms with Crippen molar-refractivity contribution in [2.24, 2.45) is 0 Å². The Bertz CT molecular complexity index is 1210. The number of hydrogen-bond donors (Lipinski definition) is 1. The smallest absolute Gasteiger partial charge is 0.342 e. The Kier molecular flexibility index (Phi) is 6.02. The van der Waals surface area contributed by atoms with Crippen molar-refractivity contribution in [2.45, 2.75) is 13.1 Å². The summed E-state index contributed by atoms with van der Waals surface area (Å²) in [7, 11) is 1.69. The highest BCUT2D eigenvalue weighted by Crippen LogP contribution is 2.32. The van der Waals surface area contributed by atoms with Gasteiger partial charge in [0, 0.05) is 38.2 Å². The fourth-order valence-electron chi connectivity index (χ4n) is 3.28. The minimum atomic E-state index is -4.57. The molecule has 0 saturated carbocycles. The van der Waals surface area contributed by atoms with Gasteiger partial charge in [0.05, 0.1) is 4.88 Å². The van der Waals surface area contributed by atoms with Crippen LogP contribution in [0.25, 0.3) is 10.4 Å². The minimum absolute atomic E-state index is 0.0136. The molecule has 8 nitrogen and oxygen atoms in total. The molecular formula is C21H19F3N6O2S. The Morgan fingerprint density at radius 2 is 1.97 bits per heavy atom. The zero-order valence-corrected chi connectivity index (χ0v) is 18.5. The third-order valence-electron chi connectivity index (χ3n) is 5.00. The molecule has 0 aliphatic carbocycles. The van der Waals surface area contributed by atoms with Crippen LogP contribution >= 0.6 is 11.3 Å². The molecule has 3 aromatic rings. The van der Waals surface area contributed by atoms with Crippen LogP contribution in [-0.2, 0) is 11.0 Å². The molecule has 0 bridgehead atoms. The maximum Gasteiger partial charge on any atom is 0.433 e. The lowest BCUT2D eigenvalue weighted by Crippen LogP contribution is -2.50. The second-order valence-electron chi connectivity index (χ2n) is 7.55. The number of hydrogen-bond acceptors (Lipinski definition) is 7. The van der Waals surface area contributed by atoms with Gasteiger partial charge in [-0.15, -0.1) is 11.3 Å². The van der Waals surface area contributed by atoms with Crippen LogP contribution in [0, 0.1) is 6.92 Å². The van der Waals surface area contributed by atoms with Gasteiger partial charge in [0.25, 0.3) is 5.91 Å². The van der Waals surface area contributed by atoms with Crippen molar-refractivity contribution >= 4 is 34.8 Å². The van der Waals surface area contributed by atoms with Crippen LogP contribution in [0.15, 0.2) is 36.7 Å². The standard InChI is InChI=1S/C21H19F3N6O2S/c1-12-7-13(9-14(8-12)27-20-25-4-3-16(28-20)21(22,23)24)15-10-26-18(33-15)19(32)30-6-5-29(2)17(31)11-30/h3-4,7-10H,5-6,11H2,1-2H3,(H,25,27,28). The number of likely N-dealkylation sites (N-methyl/N-ethyl adjacent to an activating group) is 1. The van der Waals surface area contributed by atoms with E-state index in [1.165, 1.54) is 16.2 Å². The first kappa shape index (κ1) is 22.6. The van der Waals surface area contributed by atoms with Gasteiger partial charge in [-0.25, -0.2) is 15.0 Å². The zero-order valence-electron chi connectivity index (χ0n) is 17.7. The van der Waals surface area contributed by atoms with Gasteiger partial charge in [0.15, 0.2) is 5.01 Å². The van der Waals surface area contributed by atoms with Crippen LogP contribution in [0.2, 0.25) is 0 Å². The molecule has 1 saturated heterocycles. The number of rotatable bonds is 4. The van der Waals surface area contributed by atoms with Crippen molar-refractivity contribution in [1.82, 2.24) is 24.8 Å². The first-order chi connectivity index (χ1) is 15.6. The van der Waals surface area contributed by atoms with E-state index in [9.17, 15) is 22.8 Å². The quantitative estimate of drug-likeness (QED) is 0.619. The average molecular weight is 476 g/mol. The van der Waals surface area contributed by atoms with Crippen LogP contribution in [-0.4, -0.2) is 63.2 Å². The molecule has 1 aromatic carbocycles. The second kappa shape index (κ2) is 8.77. The molecule has 3 heterocycles. The number of alkyl halides is 3. The molecule has 2 aromatic heterocycles. The number of thiazole rings is 1. The van der Waals surface area contributed by atoms with Crippen LogP contribution in [0.4, 0.5) is 24.8 Å². The maximum atomic E-state index is 12.9. The normalized spacial score (nSPS) is 14.5. The Labute approximate surface area is 191 Å². The predicted octanol–water partition coefficient (Wildman–Crippen LogP) is 3.59. The topological polar surface area (TPSA) is 91.3 Å². The number of nitrogens with one attached hydrogen (secondary N) is 1. The number of nitrogens with zero attached hydrogens (tertiary/aromatic N) is 5. The highest BCUT2D eigenvalue weighted by atomic mass is 32.1. The molecule has 172 valence electrons. The Balaban J connectivity index is 1.55. The van der Waals surface area contributed by atoms with Crippen molar-refractivity contribution in [3.05, 3.63) is 52.9 Å². The lowest BCUT2D eigenvalue weighted by Gasteiger charge is -2.31. The van der Waals surface area contributed by atoms with Crippen LogP contribution in [0.5, 0.6) is 0 Å². The van der Waals surface area contributed by atoms with Gasteiger partial charge >= 0.3 is 6.18 Å². The summed E-state index contributed by atoms with van der Waals surface area (Å²) in [5.41, 5.74) is 1.03. The van der Waals surface area contributed by atoms with Crippen molar-refractivity contribution < 1.29 is 22.8 Å². The number of aromatic nitrogens is 3. The number of benzene rings is 1. The van der Waals surface area contributed by atoms with Gasteiger partial charge < -0.3 is 15.1 Å². The summed E-state index contributed by atoms with van der Waals surface area (Å²) in [6.45, 7) is 2.75. The molecule has 1 N–H and O–H groups in total. The minimum Gasteiger partial charge on any atom is -0.342 e. The first-order valence-electron chi connectivity index (χ1n) is 9.88. The van der Waals surface area contributed by atoms with E-state index >= 15 is 0 Å². The molecule has 12 heteroatoms. The maximum absolute atomic E-state index is 12.9. The van der Waals surface area contributed by atoms with Crippen LogP contribution < -0.4 is 5.32 Å². The van der Waals surface area contributed by atoms with Crippen molar-refractivity contribution in [2.75, 3.05) is 32.0 Å². The third-order valence-corrected chi connectivity index (χ3v) is 6.03. The van der Waals surface area contributed by atoms with E-state index in [0.717, 1.165) is 23.4 Å². The van der Waals surface area contributed by atoms with E-state index in [4.69, 9.17) is 0 Å². The Morgan fingerprint density at radius 1 is 1.18 bits per heavy atom. The van der Waals surface area contributed by atoms with Gasteiger partial charge in [-0.3, -0.25) is 9.59 Å². The number of piperazine rings is 1. The first-order valence-corrected chi connectivity index (χ1v) is 10.7. The molecule has 1 fully saturated rings. The molecule has 0 atom stereocenters. The highest BCUT2D eigenvalue weighted by molar-refractivity contribution is 7.17. The molecule has 0 radical (unpaired) electrons. The molecule has 1 aliphatic rings. The highest BCUT2D eigenvalue weighted by Gasteiger charge is 2.33. The summed E-state index contributed by atoms with van der Waals surface area (Å²) in [6, 6.07) is 6.14. The molecule has 4 rings (SSSR count). The van der Waals surface area contributed by atoms with E-state index in [1.54, 1.807) is 30.3 Å². The van der Waals surface area contributed by atoms with Crippen molar-refractivity contribution in [3.63, 3.8) is 0 Å². The Hall–Kier alpha value is -3.54. The van der Waals surface area contributed by atoms with E-state index in [0.29, 0.717) is 23.7 Å². The number of carbonyl (C=O) groups is 2. The summed E-state index contributed by atoms with van der Waals surface area (Å²) in [5, 5.41) is 3.07. The molecule has 33 heavy (non-hydrogen) atoms. The lowest BCUT2D eigenvalue weighted by molar-refractivity contribution is -0.141. The number of carbonyl (C=O) groups excluding carboxylic acids is 2. The van der Waals surface area contributed by atoms with Crippen LogP contribution in [0.1, 0.15) is 21.1 Å². The van der Waals surface area contributed by atoms with Crippen LogP contribution in [0.3, 0.4) is 0 Å². The summed E-state index contributed by atoms with van der Waals surface area (Å²) < 4.78 is 38.8. The third kappa shape index (κ3) is 5.11. The predicted molar refractivity (Wildman–Crippen MR) is 116 cm³/mol. The van der Waals surface area contributed by atoms with Crippen molar-refractivity contribution in [1.29, 1.82) is 0 Å². The van der Waals surface area contributed by atoms with Crippen molar-refractivity contribution in [3.8, 4) is 10.4 Å². The van der Waals surface area contributed by atoms with Gasteiger partial charge in [-0.2, -0.15) is 13.2 Å². The number of halogens is 3. The molecule has 0 unspecified atom stereocenters.